The van der Waals surface area contributed by atoms with Crippen LogP contribution in [0.5, 0.6) is 0 Å². The Morgan fingerprint density at radius 2 is 2.33 bits per heavy atom. The van der Waals surface area contributed by atoms with E-state index in [1.165, 1.54) is 22.2 Å². The summed E-state index contributed by atoms with van der Waals surface area (Å²) in [6.45, 7) is 4.29. The Morgan fingerprint density at radius 3 is 3.15 bits per heavy atom. The van der Waals surface area contributed by atoms with Crippen LogP contribution >= 0.6 is 23.1 Å². The molecular formula is C20H22N4OS2. The van der Waals surface area contributed by atoms with Crippen LogP contribution in [0.3, 0.4) is 0 Å². The molecule has 1 atom stereocenters. The predicted octanol–water partition coefficient (Wildman–Crippen LogP) is 4.30. The third kappa shape index (κ3) is 3.94. The average molecular weight is 399 g/mol. The summed E-state index contributed by atoms with van der Waals surface area (Å²) in [7, 11) is 0. The summed E-state index contributed by atoms with van der Waals surface area (Å²) in [5, 5.41) is 1.25. The lowest BCUT2D eigenvalue weighted by Crippen LogP contribution is -2.15. The average Bonchev–Trinajstić information content (AvgIpc) is 2.97. The van der Waals surface area contributed by atoms with Gasteiger partial charge < -0.3 is 10.7 Å². The smallest absolute Gasteiger partial charge is 0.259 e. The van der Waals surface area contributed by atoms with Gasteiger partial charge in [0.2, 0.25) is 0 Å². The number of thiophene rings is 1. The molecule has 1 aliphatic carbocycles. The molecule has 1 aromatic carbocycles. The Morgan fingerprint density at radius 1 is 1.48 bits per heavy atom. The highest BCUT2D eigenvalue weighted by Crippen LogP contribution is 2.35. The normalized spacial score (nSPS) is 17.3. The monoisotopic (exact) mass is 398 g/mol. The molecule has 2 heterocycles. The summed E-state index contributed by atoms with van der Waals surface area (Å²) in [6.07, 6.45) is 3.17. The van der Waals surface area contributed by atoms with Crippen LogP contribution in [-0.4, -0.2) is 15.1 Å². The zero-order valence-corrected chi connectivity index (χ0v) is 17.0. The second-order valence-electron chi connectivity index (χ2n) is 7.12. The first-order valence-electron chi connectivity index (χ1n) is 9.06. The molecule has 0 saturated heterocycles. The lowest BCUT2D eigenvalue weighted by molar-refractivity contribution is 0.509. The maximum atomic E-state index is 12.6. The van der Waals surface area contributed by atoms with E-state index in [1.807, 2.05) is 31.2 Å². The van der Waals surface area contributed by atoms with Crippen LogP contribution in [0.15, 0.2) is 34.1 Å². The van der Waals surface area contributed by atoms with Gasteiger partial charge in [-0.15, -0.1) is 11.3 Å². The number of aromatic amines is 1. The van der Waals surface area contributed by atoms with Gasteiger partial charge in [-0.05, 0) is 55.4 Å². The molecule has 3 aromatic rings. The maximum Gasteiger partial charge on any atom is 0.259 e. The molecule has 0 amide bonds. The summed E-state index contributed by atoms with van der Waals surface area (Å²) in [5.74, 6) is 1.81. The van der Waals surface area contributed by atoms with Gasteiger partial charge in [-0.1, -0.05) is 30.8 Å². The van der Waals surface area contributed by atoms with Crippen molar-refractivity contribution in [3.8, 4) is 0 Å². The molecule has 5 nitrogen and oxygen atoms in total. The Kier molecular flexibility index (Phi) is 5.06. The van der Waals surface area contributed by atoms with Crippen LogP contribution in [0.2, 0.25) is 0 Å². The van der Waals surface area contributed by atoms with E-state index in [1.54, 1.807) is 11.3 Å². The van der Waals surface area contributed by atoms with Crippen LogP contribution in [0, 0.1) is 12.8 Å². The number of nitrogens with zero attached hydrogens (tertiary/aromatic N) is 2. The summed E-state index contributed by atoms with van der Waals surface area (Å²) in [4.78, 5) is 26.9. The van der Waals surface area contributed by atoms with E-state index in [0.717, 1.165) is 40.7 Å². The van der Waals surface area contributed by atoms with Gasteiger partial charge in [0.05, 0.1) is 16.8 Å². The van der Waals surface area contributed by atoms with Gasteiger partial charge in [-0.3, -0.25) is 4.79 Å². The number of fused-ring (bicyclic) bond motifs is 3. The van der Waals surface area contributed by atoms with E-state index in [0.29, 0.717) is 22.7 Å². The van der Waals surface area contributed by atoms with Crippen molar-refractivity contribution in [2.75, 3.05) is 0 Å². The van der Waals surface area contributed by atoms with Gasteiger partial charge in [0.25, 0.3) is 5.56 Å². The molecule has 7 heteroatoms. The molecule has 0 saturated carbocycles. The minimum Gasteiger partial charge on any atom is -0.378 e. The summed E-state index contributed by atoms with van der Waals surface area (Å²) < 4.78 is 0. The quantitative estimate of drug-likeness (QED) is 0.509. The first-order chi connectivity index (χ1) is 13.0. The number of hydrogen-bond acceptors (Lipinski definition) is 5. The highest BCUT2D eigenvalue weighted by Gasteiger charge is 2.23. The number of thioether (sulfide) groups is 1. The number of nitrogens with two attached hydrogens (primary N) is 1. The van der Waals surface area contributed by atoms with Gasteiger partial charge >= 0.3 is 0 Å². The standard InChI is InChI=1S/C20H22N4OS2/c1-11-4-3-5-13(8-11)22-20(21)26-10-16-23-18(25)17-14-7-6-12(2)9-15(14)27-19(17)24-16/h3-5,8,12H,6-7,9-10H2,1-2H3,(H2,21,22)(H,23,24,25)/t12-/m1/s1. The topological polar surface area (TPSA) is 84.1 Å². The number of hydrogen-bond donors (Lipinski definition) is 2. The van der Waals surface area contributed by atoms with E-state index in [4.69, 9.17) is 10.7 Å². The van der Waals surface area contributed by atoms with Crippen LogP contribution in [0.1, 0.15) is 35.2 Å². The first-order valence-corrected chi connectivity index (χ1v) is 10.9. The Hall–Kier alpha value is -2.12. The van der Waals surface area contributed by atoms with Crippen molar-refractivity contribution in [3.05, 3.63) is 56.4 Å². The molecule has 3 N–H and O–H groups in total. The molecule has 0 aliphatic heterocycles. The van der Waals surface area contributed by atoms with Crippen molar-refractivity contribution >= 4 is 44.2 Å². The molecule has 27 heavy (non-hydrogen) atoms. The lowest BCUT2D eigenvalue weighted by atomic mass is 9.89. The fourth-order valence-electron chi connectivity index (χ4n) is 3.46. The Bertz CT molecular complexity index is 1080. The zero-order valence-electron chi connectivity index (χ0n) is 15.4. The maximum absolute atomic E-state index is 12.6. The third-order valence-corrected chi connectivity index (χ3v) is 6.77. The van der Waals surface area contributed by atoms with Crippen molar-refractivity contribution in [1.82, 2.24) is 9.97 Å². The number of aromatic nitrogens is 2. The molecule has 1 aliphatic rings. The SMILES string of the molecule is Cc1cccc(N=C(N)SCc2nc3sc4c(c3c(=O)[nH]2)CC[C@@H](C)C4)c1. The molecule has 4 rings (SSSR count). The number of benzene rings is 1. The van der Waals surface area contributed by atoms with E-state index in [2.05, 4.69) is 16.9 Å². The Balaban J connectivity index is 1.55. The highest BCUT2D eigenvalue weighted by molar-refractivity contribution is 8.13. The number of aliphatic imine (C=N–C) groups is 1. The van der Waals surface area contributed by atoms with Crippen LogP contribution in [0.4, 0.5) is 5.69 Å². The van der Waals surface area contributed by atoms with Crippen molar-refractivity contribution in [1.29, 1.82) is 0 Å². The second kappa shape index (κ2) is 7.48. The largest absolute Gasteiger partial charge is 0.378 e. The van der Waals surface area contributed by atoms with Gasteiger partial charge in [-0.25, -0.2) is 9.98 Å². The van der Waals surface area contributed by atoms with Crippen molar-refractivity contribution in [2.24, 2.45) is 16.6 Å². The number of nitrogens with one attached hydrogen (secondary N) is 1. The number of rotatable bonds is 3. The fourth-order valence-corrected chi connectivity index (χ4v) is 5.45. The molecule has 0 fully saturated rings. The Labute approximate surface area is 166 Å². The lowest BCUT2D eigenvalue weighted by Gasteiger charge is -2.17. The molecule has 140 valence electrons. The van der Waals surface area contributed by atoms with E-state index in [-0.39, 0.29) is 5.56 Å². The minimum atomic E-state index is -0.0307. The van der Waals surface area contributed by atoms with Gasteiger partial charge in [0.1, 0.15) is 10.7 Å². The van der Waals surface area contributed by atoms with Crippen LogP contribution in [0.25, 0.3) is 10.2 Å². The van der Waals surface area contributed by atoms with Crippen LogP contribution in [-0.2, 0) is 18.6 Å². The minimum absolute atomic E-state index is 0.0307. The zero-order chi connectivity index (χ0) is 19.0. The molecule has 2 aromatic heterocycles. The van der Waals surface area contributed by atoms with Gasteiger partial charge in [0, 0.05) is 4.88 Å². The van der Waals surface area contributed by atoms with Crippen molar-refractivity contribution in [3.63, 3.8) is 0 Å². The summed E-state index contributed by atoms with van der Waals surface area (Å²) in [6, 6.07) is 7.88. The van der Waals surface area contributed by atoms with E-state index < -0.39 is 0 Å². The van der Waals surface area contributed by atoms with Gasteiger partial charge in [0.15, 0.2) is 5.17 Å². The highest BCUT2D eigenvalue weighted by atomic mass is 32.2. The number of H-pyrrole nitrogens is 1. The fraction of sp³-hybridized carbons (Fsp3) is 0.350. The molecular weight excluding hydrogens is 376 g/mol. The summed E-state index contributed by atoms with van der Waals surface area (Å²) in [5.41, 5.74) is 9.19. The van der Waals surface area contributed by atoms with Crippen molar-refractivity contribution < 1.29 is 0 Å². The van der Waals surface area contributed by atoms with Crippen molar-refractivity contribution in [2.45, 2.75) is 38.9 Å². The predicted molar refractivity (Wildman–Crippen MR) is 115 cm³/mol. The molecule has 0 unspecified atom stereocenters. The molecule has 0 bridgehead atoms. The van der Waals surface area contributed by atoms with E-state index in [9.17, 15) is 4.79 Å². The van der Waals surface area contributed by atoms with E-state index >= 15 is 0 Å². The number of amidine groups is 1. The molecule has 0 spiro atoms. The van der Waals surface area contributed by atoms with Gasteiger partial charge in [-0.2, -0.15) is 0 Å². The first kappa shape index (κ1) is 18.3. The third-order valence-electron chi connectivity index (χ3n) is 4.81. The molecule has 0 radical (unpaired) electrons. The van der Waals surface area contributed by atoms with Crippen LogP contribution < -0.4 is 11.3 Å². The second-order valence-corrected chi connectivity index (χ2v) is 9.20. The summed E-state index contributed by atoms with van der Waals surface area (Å²) >= 11 is 3.05. The number of aryl methyl sites for hydroxylation is 2.